The van der Waals surface area contributed by atoms with Crippen molar-refractivity contribution in [2.24, 2.45) is 0 Å². The largest absolute Gasteiger partial charge is 0.477 e. The first-order chi connectivity index (χ1) is 8.21. The summed E-state index contributed by atoms with van der Waals surface area (Å²) >= 11 is 0. The molecule has 0 aliphatic rings. The monoisotopic (exact) mass is 234 g/mol. The predicted octanol–water partition coefficient (Wildman–Crippen LogP) is 1.51. The van der Waals surface area contributed by atoms with Gasteiger partial charge in [0.05, 0.1) is 6.61 Å². The standard InChI is InChI=1S/C13H14O4/c1-3-7-16-12-8-10(9-14)5-6-11(12)17-13(15)4-2/h1,5-6,8,14H,4,7,9H2,2H3. The number of rotatable bonds is 5. The van der Waals surface area contributed by atoms with Crippen LogP contribution in [0.2, 0.25) is 0 Å². The van der Waals surface area contributed by atoms with E-state index in [1.165, 1.54) is 0 Å². The van der Waals surface area contributed by atoms with E-state index in [1.54, 1.807) is 25.1 Å². The van der Waals surface area contributed by atoms with E-state index < -0.39 is 0 Å². The number of aliphatic hydroxyl groups is 1. The summed E-state index contributed by atoms with van der Waals surface area (Å²) < 4.78 is 10.3. The number of hydrogen-bond donors (Lipinski definition) is 1. The van der Waals surface area contributed by atoms with E-state index in [1.807, 2.05) is 0 Å². The number of esters is 1. The second kappa shape index (κ2) is 6.56. The van der Waals surface area contributed by atoms with E-state index in [-0.39, 0.29) is 25.6 Å². The highest BCUT2D eigenvalue weighted by molar-refractivity contribution is 5.72. The van der Waals surface area contributed by atoms with Crippen LogP contribution in [0.3, 0.4) is 0 Å². The molecule has 1 aromatic rings. The van der Waals surface area contributed by atoms with Crippen molar-refractivity contribution in [1.29, 1.82) is 0 Å². The number of benzene rings is 1. The molecule has 1 N–H and O–H groups in total. The second-order valence-electron chi connectivity index (χ2n) is 3.26. The number of carbonyl (C=O) groups is 1. The normalized spacial score (nSPS) is 9.47. The molecule has 0 aliphatic heterocycles. The molecule has 1 aromatic carbocycles. The average Bonchev–Trinajstić information content (AvgIpc) is 2.37. The Bertz CT molecular complexity index is 432. The first-order valence-electron chi connectivity index (χ1n) is 5.22. The summed E-state index contributed by atoms with van der Waals surface area (Å²) in [5.74, 6) is 2.64. The van der Waals surface area contributed by atoms with Crippen molar-refractivity contribution in [3.63, 3.8) is 0 Å². The summed E-state index contributed by atoms with van der Waals surface area (Å²) in [5.41, 5.74) is 0.660. The van der Waals surface area contributed by atoms with Crippen LogP contribution < -0.4 is 9.47 Å². The average molecular weight is 234 g/mol. The van der Waals surface area contributed by atoms with Crippen LogP contribution in [0.25, 0.3) is 0 Å². The summed E-state index contributed by atoms with van der Waals surface area (Å²) in [4.78, 5) is 11.2. The van der Waals surface area contributed by atoms with E-state index in [9.17, 15) is 4.79 Å². The van der Waals surface area contributed by atoms with Gasteiger partial charge in [-0.05, 0) is 17.7 Å². The van der Waals surface area contributed by atoms with Gasteiger partial charge in [0.25, 0.3) is 0 Å². The highest BCUT2D eigenvalue weighted by Gasteiger charge is 2.09. The lowest BCUT2D eigenvalue weighted by molar-refractivity contribution is -0.134. The summed E-state index contributed by atoms with van der Waals surface area (Å²) in [7, 11) is 0. The minimum Gasteiger partial charge on any atom is -0.477 e. The van der Waals surface area contributed by atoms with Gasteiger partial charge in [-0.25, -0.2) is 0 Å². The molecule has 0 spiro atoms. The van der Waals surface area contributed by atoms with Gasteiger partial charge in [0.15, 0.2) is 11.5 Å². The van der Waals surface area contributed by atoms with Gasteiger partial charge in [0.2, 0.25) is 0 Å². The van der Waals surface area contributed by atoms with Crippen molar-refractivity contribution < 1.29 is 19.4 Å². The number of aliphatic hydroxyl groups excluding tert-OH is 1. The minimum atomic E-state index is -0.354. The molecule has 0 aromatic heterocycles. The first kappa shape index (κ1) is 13.1. The summed E-state index contributed by atoms with van der Waals surface area (Å²) in [6, 6.07) is 4.82. The Balaban J connectivity index is 2.93. The third kappa shape index (κ3) is 3.82. The number of terminal acetylenes is 1. The Morgan fingerprint density at radius 2 is 2.24 bits per heavy atom. The topological polar surface area (TPSA) is 55.8 Å². The highest BCUT2D eigenvalue weighted by atomic mass is 16.6. The zero-order valence-electron chi connectivity index (χ0n) is 9.60. The molecule has 0 unspecified atom stereocenters. The fourth-order valence-corrected chi connectivity index (χ4v) is 1.16. The Kier molecular flexibility index (Phi) is 5.05. The van der Waals surface area contributed by atoms with Gasteiger partial charge in [-0.2, -0.15) is 0 Å². The third-order valence-corrected chi connectivity index (χ3v) is 2.01. The van der Waals surface area contributed by atoms with Gasteiger partial charge in [0, 0.05) is 6.42 Å². The molecule has 0 fully saturated rings. The number of hydrogen-bond acceptors (Lipinski definition) is 4. The van der Waals surface area contributed by atoms with Crippen LogP contribution in [0, 0.1) is 12.3 Å². The Morgan fingerprint density at radius 1 is 1.47 bits per heavy atom. The van der Waals surface area contributed by atoms with Gasteiger partial charge < -0.3 is 14.6 Å². The lowest BCUT2D eigenvalue weighted by Crippen LogP contribution is -2.07. The molecule has 0 amide bonds. The molecule has 17 heavy (non-hydrogen) atoms. The Labute approximate surface area is 100 Å². The smallest absolute Gasteiger partial charge is 0.311 e. The minimum absolute atomic E-state index is 0.0750. The van der Waals surface area contributed by atoms with Crippen LogP contribution in [-0.2, 0) is 11.4 Å². The van der Waals surface area contributed by atoms with Gasteiger partial charge in [-0.3, -0.25) is 4.79 Å². The summed E-state index contributed by atoms with van der Waals surface area (Å²) in [6.07, 6.45) is 5.37. The van der Waals surface area contributed by atoms with Gasteiger partial charge >= 0.3 is 5.97 Å². The van der Waals surface area contributed by atoms with Gasteiger partial charge in [-0.1, -0.05) is 18.9 Å². The molecule has 0 heterocycles. The SMILES string of the molecule is C#CCOc1cc(CO)ccc1OC(=O)CC. The fourth-order valence-electron chi connectivity index (χ4n) is 1.16. The molecule has 0 bridgehead atoms. The van der Waals surface area contributed by atoms with Crippen LogP contribution in [-0.4, -0.2) is 17.7 Å². The maximum Gasteiger partial charge on any atom is 0.311 e. The molecule has 0 radical (unpaired) electrons. The van der Waals surface area contributed by atoms with Gasteiger partial charge in [0.1, 0.15) is 6.61 Å². The lowest BCUT2D eigenvalue weighted by Gasteiger charge is -2.10. The lowest BCUT2D eigenvalue weighted by atomic mass is 10.2. The Hall–Kier alpha value is -1.99. The highest BCUT2D eigenvalue weighted by Crippen LogP contribution is 2.28. The van der Waals surface area contributed by atoms with E-state index in [4.69, 9.17) is 21.0 Å². The van der Waals surface area contributed by atoms with Crippen molar-refractivity contribution >= 4 is 5.97 Å². The maximum atomic E-state index is 11.2. The molecule has 4 nitrogen and oxygen atoms in total. The fraction of sp³-hybridized carbons (Fsp3) is 0.308. The molecular weight excluding hydrogens is 220 g/mol. The molecule has 4 heteroatoms. The molecule has 0 saturated carbocycles. The van der Waals surface area contributed by atoms with E-state index >= 15 is 0 Å². The number of carbonyl (C=O) groups excluding carboxylic acids is 1. The van der Waals surface area contributed by atoms with Crippen molar-refractivity contribution in [1.82, 2.24) is 0 Å². The molecule has 0 aliphatic carbocycles. The van der Waals surface area contributed by atoms with Crippen LogP contribution in [0.1, 0.15) is 18.9 Å². The van der Waals surface area contributed by atoms with Crippen molar-refractivity contribution in [2.75, 3.05) is 6.61 Å². The first-order valence-corrected chi connectivity index (χ1v) is 5.22. The van der Waals surface area contributed by atoms with Crippen molar-refractivity contribution in [3.8, 4) is 23.8 Å². The summed E-state index contributed by atoms with van der Waals surface area (Å²) in [5, 5.41) is 9.00. The number of ether oxygens (including phenoxy) is 2. The quantitative estimate of drug-likeness (QED) is 0.476. The second-order valence-corrected chi connectivity index (χ2v) is 3.26. The zero-order valence-corrected chi connectivity index (χ0v) is 9.60. The summed E-state index contributed by atoms with van der Waals surface area (Å²) in [6.45, 7) is 1.66. The predicted molar refractivity (Wildman–Crippen MR) is 62.6 cm³/mol. The zero-order chi connectivity index (χ0) is 12.7. The molecule has 0 atom stereocenters. The molecule has 0 saturated heterocycles. The molecular formula is C13H14O4. The van der Waals surface area contributed by atoms with Crippen LogP contribution in [0.4, 0.5) is 0 Å². The van der Waals surface area contributed by atoms with Gasteiger partial charge in [-0.15, -0.1) is 6.42 Å². The molecule has 1 rings (SSSR count). The maximum absolute atomic E-state index is 11.2. The van der Waals surface area contributed by atoms with E-state index in [0.717, 1.165) is 0 Å². The van der Waals surface area contributed by atoms with Crippen LogP contribution in [0.5, 0.6) is 11.5 Å². The third-order valence-electron chi connectivity index (χ3n) is 2.01. The van der Waals surface area contributed by atoms with E-state index in [0.29, 0.717) is 17.1 Å². The Morgan fingerprint density at radius 3 is 2.82 bits per heavy atom. The van der Waals surface area contributed by atoms with Crippen LogP contribution >= 0.6 is 0 Å². The van der Waals surface area contributed by atoms with Crippen LogP contribution in [0.15, 0.2) is 18.2 Å². The molecule has 90 valence electrons. The van der Waals surface area contributed by atoms with Crippen molar-refractivity contribution in [3.05, 3.63) is 23.8 Å². The van der Waals surface area contributed by atoms with E-state index in [2.05, 4.69) is 5.92 Å². The van der Waals surface area contributed by atoms with Crippen molar-refractivity contribution in [2.45, 2.75) is 20.0 Å².